The summed E-state index contributed by atoms with van der Waals surface area (Å²) in [5, 5.41) is 4.81. The van der Waals surface area contributed by atoms with Crippen LogP contribution in [-0.4, -0.2) is 21.6 Å². The lowest BCUT2D eigenvalue weighted by atomic mass is 9.99. The van der Waals surface area contributed by atoms with Gasteiger partial charge in [-0.15, -0.1) is 11.3 Å². The number of hydrazone groups is 1. The molecule has 7 heteroatoms. The summed E-state index contributed by atoms with van der Waals surface area (Å²) in [4.78, 5) is 33.0. The quantitative estimate of drug-likeness (QED) is 0.847. The number of H-pyrrole nitrogens is 1. The molecule has 1 aliphatic rings. The fourth-order valence-electron chi connectivity index (χ4n) is 2.79. The zero-order valence-electron chi connectivity index (χ0n) is 13.4. The van der Waals surface area contributed by atoms with Gasteiger partial charge in [0.1, 0.15) is 10.7 Å². The summed E-state index contributed by atoms with van der Waals surface area (Å²) >= 11 is 1.48. The second-order valence-corrected chi connectivity index (χ2v) is 7.13. The Morgan fingerprint density at radius 2 is 2.04 bits per heavy atom. The standard InChI is InChI=1S/C16H20N4O2S/c1-9-10(2)23-16-14(9)15(22)17-12(18-16)8-13(21)20-19-11-6-4-3-5-7-11/h3-8H2,1-2H3,(H,20,21)(H,17,18,22). The highest BCUT2D eigenvalue weighted by Crippen LogP contribution is 2.25. The van der Waals surface area contributed by atoms with Crippen LogP contribution in [-0.2, 0) is 11.2 Å². The Labute approximate surface area is 138 Å². The largest absolute Gasteiger partial charge is 0.309 e. The van der Waals surface area contributed by atoms with Crippen molar-refractivity contribution in [2.45, 2.75) is 52.4 Å². The van der Waals surface area contributed by atoms with Gasteiger partial charge in [0.25, 0.3) is 5.56 Å². The SMILES string of the molecule is Cc1sc2nc(CC(=O)NN=C3CCCCC3)[nH]c(=O)c2c1C. The van der Waals surface area contributed by atoms with E-state index in [4.69, 9.17) is 0 Å². The summed E-state index contributed by atoms with van der Waals surface area (Å²) in [5.74, 6) is 0.126. The Morgan fingerprint density at radius 3 is 2.78 bits per heavy atom. The molecule has 0 aromatic carbocycles. The van der Waals surface area contributed by atoms with Gasteiger partial charge in [-0.1, -0.05) is 6.42 Å². The lowest BCUT2D eigenvalue weighted by molar-refractivity contribution is -0.120. The first-order chi connectivity index (χ1) is 11.0. The number of nitrogens with zero attached hydrogens (tertiary/aromatic N) is 2. The van der Waals surface area contributed by atoms with Crippen molar-refractivity contribution < 1.29 is 4.79 Å². The van der Waals surface area contributed by atoms with E-state index in [1.54, 1.807) is 0 Å². The molecule has 0 saturated heterocycles. The summed E-state index contributed by atoms with van der Waals surface area (Å²) in [7, 11) is 0. The number of aryl methyl sites for hydroxylation is 2. The molecule has 0 aliphatic heterocycles. The van der Waals surface area contributed by atoms with Crippen molar-refractivity contribution in [1.29, 1.82) is 0 Å². The average molecular weight is 332 g/mol. The molecule has 0 unspecified atom stereocenters. The number of aromatic nitrogens is 2. The van der Waals surface area contributed by atoms with E-state index in [0.29, 0.717) is 16.0 Å². The van der Waals surface area contributed by atoms with Gasteiger partial charge in [0, 0.05) is 10.6 Å². The number of thiophene rings is 1. The van der Waals surface area contributed by atoms with Crippen LogP contribution in [0, 0.1) is 13.8 Å². The molecule has 1 aliphatic carbocycles. The van der Waals surface area contributed by atoms with Gasteiger partial charge in [0.15, 0.2) is 0 Å². The predicted molar refractivity (Wildman–Crippen MR) is 92.1 cm³/mol. The Hall–Kier alpha value is -2.02. The Kier molecular flexibility index (Phi) is 4.56. The second kappa shape index (κ2) is 6.62. The van der Waals surface area contributed by atoms with Crippen molar-refractivity contribution in [3.05, 3.63) is 26.6 Å². The smallest absolute Gasteiger partial charge is 0.259 e. The second-order valence-electron chi connectivity index (χ2n) is 5.93. The van der Waals surface area contributed by atoms with Gasteiger partial charge in [-0.2, -0.15) is 5.10 Å². The van der Waals surface area contributed by atoms with Gasteiger partial charge in [-0.25, -0.2) is 10.4 Å². The minimum atomic E-state index is -0.254. The van der Waals surface area contributed by atoms with Gasteiger partial charge >= 0.3 is 0 Å². The van der Waals surface area contributed by atoms with Crippen LogP contribution in [0.4, 0.5) is 0 Å². The molecule has 2 heterocycles. The molecule has 0 spiro atoms. The fourth-order valence-corrected chi connectivity index (χ4v) is 3.84. The molecule has 0 atom stereocenters. The minimum absolute atomic E-state index is 0.0257. The van der Waals surface area contributed by atoms with Crippen molar-refractivity contribution >= 4 is 33.2 Å². The molecule has 0 radical (unpaired) electrons. The summed E-state index contributed by atoms with van der Waals surface area (Å²) in [6.07, 6.45) is 5.44. The van der Waals surface area contributed by atoms with Crippen LogP contribution >= 0.6 is 11.3 Å². The maximum Gasteiger partial charge on any atom is 0.259 e. The molecule has 1 fully saturated rings. The molecule has 3 rings (SSSR count). The van der Waals surface area contributed by atoms with Crippen molar-refractivity contribution in [2.24, 2.45) is 5.10 Å². The molecule has 1 saturated carbocycles. The molecule has 2 aromatic heterocycles. The lowest BCUT2D eigenvalue weighted by Crippen LogP contribution is -2.24. The van der Waals surface area contributed by atoms with Gasteiger partial charge in [0.05, 0.1) is 11.8 Å². The number of hydrogen-bond acceptors (Lipinski definition) is 5. The molecule has 6 nitrogen and oxygen atoms in total. The van der Waals surface area contributed by atoms with Crippen LogP contribution in [0.2, 0.25) is 0 Å². The predicted octanol–water partition coefficient (Wildman–Crippen LogP) is 2.58. The Bertz CT molecular complexity index is 826. The van der Waals surface area contributed by atoms with E-state index in [-0.39, 0.29) is 17.9 Å². The number of nitrogens with one attached hydrogen (secondary N) is 2. The van der Waals surface area contributed by atoms with Gasteiger partial charge in [-0.3, -0.25) is 9.59 Å². The van der Waals surface area contributed by atoms with Crippen molar-refractivity contribution in [3.63, 3.8) is 0 Å². The number of rotatable bonds is 3. The van der Waals surface area contributed by atoms with Crippen LogP contribution in [0.3, 0.4) is 0 Å². The van der Waals surface area contributed by atoms with Crippen LogP contribution in [0.1, 0.15) is 48.4 Å². The van der Waals surface area contributed by atoms with E-state index in [1.165, 1.54) is 17.8 Å². The third-order valence-corrected chi connectivity index (χ3v) is 5.29. The highest BCUT2D eigenvalue weighted by atomic mass is 32.1. The first kappa shape index (κ1) is 15.9. The van der Waals surface area contributed by atoms with E-state index in [0.717, 1.165) is 41.8 Å². The zero-order chi connectivity index (χ0) is 16.4. The molecule has 23 heavy (non-hydrogen) atoms. The third-order valence-electron chi connectivity index (χ3n) is 4.19. The number of hydrogen-bond donors (Lipinski definition) is 2. The maximum atomic E-state index is 12.2. The van der Waals surface area contributed by atoms with Crippen LogP contribution in [0.15, 0.2) is 9.90 Å². The summed E-state index contributed by atoms with van der Waals surface area (Å²) < 4.78 is 0. The number of fused-ring (bicyclic) bond motifs is 1. The van der Waals surface area contributed by atoms with Crippen LogP contribution < -0.4 is 11.0 Å². The average Bonchev–Trinajstić information content (AvgIpc) is 2.81. The number of aromatic amines is 1. The monoisotopic (exact) mass is 332 g/mol. The van der Waals surface area contributed by atoms with E-state index in [1.807, 2.05) is 13.8 Å². The highest BCUT2D eigenvalue weighted by Gasteiger charge is 2.14. The molecule has 2 N–H and O–H groups in total. The Morgan fingerprint density at radius 1 is 1.30 bits per heavy atom. The number of carbonyl (C=O) groups is 1. The fraction of sp³-hybridized carbons (Fsp3) is 0.500. The van der Waals surface area contributed by atoms with Crippen molar-refractivity contribution in [1.82, 2.24) is 15.4 Å². The van der Waals surface area contributed by atoms with E-state index in [2.05, 4.69) is 20.5 Å². The summed E-state index contributed by atoms with van der Waals surface area (Å²) in [6.45, 7) is 3.88. The molecular formula is C16H20N4O2S. The minimum Gasteiger partial charge on any atom is -0.309 e. The van der Waals surface area contributed by atoms with E-state index in [9.17, 15) is 9.59 Å². The number of amides is 1. The number of carbonyl (C=O) groups excluding carboxylic acids is 1. The molecule has 1 amide bonds. The van der Waals surface area contributed by atoms with Crippen LogP contribution in [0.5, 0.6) is 0 Å². The van der Waals surface area contributed by atoms with Gasteiger partial charge < -0.3 is 4.98 Å². The zero-order valence-corrected chi connectivity index (χ0v) is 14.2. The van der Waals surface area contributed by atoms with E-state index < -0.39 is 0 Å². The first-order valence-electron chi connectivity index (χ1n) is 7.88. The highest BCUT2D eigenvalue weighted by molar-refractivity contribution is 7.18. The summed E-state index contributed by atoms with van der Waals surface area (Å²) in [5.41, 5.74) is 4.40. The summed E-state index contributed by atoms with van der Waals surface area (Å²) in [6, 6.07) is 0. The maximum absolute atomic E-state index is 12.2. The lowest BCUT2D eigenvalue weighted by Gasteiger charge is -2.11. The van der Waals surface area contributed by atoms with E-state index >= 15 is 0 Å². The third kappa shape index (κ3) is 3.50. The van der Waals surface area contributed by atoms with Crippen molar-refractivity contribution in [2.75, 3.05) is 0 Å². The normalized spacial score (nSPS) is 15.0. The van der Waals surface area contributed by atoms with Crippen LogP contribution in [0.25, 0.3) is 10.2 Å². The molecule has 122 valence electrons. The molecular weight excluding hydrogens is 312 g/mol. The van der Waals surface area contributed by atoms with Gasteiger partial charge in [0.2, 0.25) is 5.91 Å². The first-order valence-corrected chi connectivity index (χ1v) is 8.69. The van der Waals surface area contributed by atoms with Crippen molar-refractivity contribution in [3.8, 4) is 0 Å². The topological polar surface area (TPSA) is 87.2 Å². The van der Waals surface area contributed by atoms with Gasteiger partial charge in [-0.05, 0) is 45.1 Å². The molecule has 0 bridgehead atoms. The molecule has 2 aromatic rings. The Balaban J connectivity index is 1.73.